The summed E-state index contributed by atoms with van der Waals surface area (Å²) in [6, 6.07) is 6.27. The summed E-state index contributed by atoms with van der Waals surface area (Å²) in [5, 5.41) is 0. The van der Waals surface area contributed by atoms with Gasteiger partial charge in [-0.2, -0.15) is 0 Å². The first kappa shape index (κ1) is 24.3. The van der Waals surface area contributed by atoms with Crippen molar-refractivity contribution in [3.05, 3.63) is 29.3 Å². The molecule has 0 aromatic heterocycles. The van der Waals surface area contributed by atoms with Crippen molar-refractivity contribution >= 4 is 18.3 Å². The lowest BCUT2D eigenvalue weighted by atomic mass is 9.78. The number of hydrogen-bond donors (Lipinski definition) is 1. The molecule has 3 atom stereocenters. The van der Waals surface area contributed by atoms with Crippen molar-refractivity contribution in [1.29, 1.82) is 0 Å². The SMILES string of the molecule is CCCO[C@@H]1CC[C@H](C(=O)N2CCC3(CC2)OCCc2cc(OC)ccc23)C[C@H]1N.Cl. The maximum Gasteiger partial charge on any atom is 0.225 e. The Balaban J connectivity index is 0.00000272. The number of fused-ring (bicyclic) bond motifs is 2. The minimum atomic E-state index is -0.265. The lowest BCUT2D eigenvalue weighted by Gasteiger charge is -2.46. The van der Waals surface area contributed by atoms with Gasteiger partial charge in [-0.15, -0.1) is 12.4 Å². The summed E-state index contributed by atoms with van der Waals surface area (Å²) in [5.41, 5.74) is 8.67. The highest BCUT2D eigenvalue weighted by Gasteiger charge is 2.43. The molecule has 3 aliphatic rings. The molecular weight excluding hydrogens is 416 g/mol. The largest absolute Gasteiger partial charge is 0.497 e. The zero-order chi connectivity index (χ0) is 21.1. The summed E-state index contributed by atoms with van der Waals surface area (Å²) in [6.45, 7) is 5.07. The van der Waals surface area contributed by atoms with Crippen LogP contribution in [0, 0.1) is 5.92 Å². The second-order valence-corrected chi connectivity index (χ2v) is 9.02. The molecule has 0 unspecified atom stereocenters. The molecule has 1 aliphatic carbocycles. The van der Waals surface area contributed by atoms with E-state index < -0.39 is 0 Å². The van der Waals surface area contributed by atoms with Gasteiger partial charge in [0.1, 0.15) is 5.75 Å². The standard InChI is InChI=1S/C24H36N2O4.ClH/c1-3-13-29-22-7-4-18(16-21(22)25)23(27)26-11-9-24(10-12-26)20-6-5-19(28-2)15-17(20)8-14-30-24;/h5-6,15,18,21-22H,3-4,7-14,16,25H2,1-2H3;1H/t18-,21+,22+;/m0./s1. The van der Waals surface area contributed by atoms with Gasteiger partial charge >= 0.3 is 0 Å². The first-order chi connectivity index (χ1) is 14.6. The smallest absolute Gasteiger partial charge is 0.225 e. The summed E-state index contributed by atoms with van der Waals surface area (Å²) >= 11 is 0. The van der Waals surface area contributed by atoms with Crippen LogP contribution in [0.25, 0.3) is 0 Å². The van der Waals surface area contributed by atoms with E-state index in [1.165, 1.54) is 11.1 Å². The van der Waals surface area contributed by atoms with E-state index in [1.807, 2.05) is 11.0 Å². The topological polar surface area (TPSA) is 74.0 Å². The van der Waals surface area contributed by atoms with Crippen LogP contribution in [0.3, 0.4) is 0 Å². The normalized spacial score (nSPS) is 27.3. The van der Waals surface area contributed by atoms with Crippen molar-refractivity contribution in [3.8, 4) is 5.75 Å². The molecule has 1 saturated carbocycles. The second kappa shape index (κ2) is 10.5. The minimum absolute atomic E-state index is 0. The van der Waals surface area contributed by atoms with Crippen molar-refractivity contribution in [3.63, 3.8) is 0 Å². The van der Waals surface area contributed by atoms with Gasteiger partial charge in [0, 0.05) is 31.7 Å². The van der Waals surface area contributed by atoms with Gasteiger partial charge in [-0.1, -0.05) is 13.0 Å². The van der Waals surface area contributed by atoms with Crippen molar-refractivity contribution < 1.29 is 19.0 Å². The fraction of sp³-hybridized carbons (Fsp3) is 0.708. The molecule has 4 rings (SSSR count). The van der Waals surface area contributed by atoms with Crippen LogP contribution < -0.4 is 10.5 Å². The van der Waals surface area contributed by atoms with Crippen molar-refractivity contribution in [2.24, 2.45) is 11.7 Å². The Morgan fingerprint density at radius 2 is 2.06 bits per heavy atom. The van der Waals surface area contributed by atoms with Crippen LogP contribution in [0.15, 0.2) is 18.2 Å². The van der Waals surface area contributed by atoms with Crippen LogP contribution in [0.1, 0.15) is 56.6 Å². The minimum Gasteiger partial charge on any atom is -0.497 e. The second-order valence-electron chi connectivity index (χ2n) is 9.02. The highest BCUT2D eigenvalue weighted by molar-refractivity contribution is 5.85. The summed E-state index contributed by atoms with van der Waals surface area (Å²) < 4.78 is 17.6. The third-order valence-corrected chi connectivity index (χ3v) is 7.15. The fourth-order valence-electron chi connectivity index (χ4n) is 5.42. The maximum atomic E-state index is 13.2. The molecule has 0 bridgehead atoms. The number of rotatable bonds is 5. The molecule has 31 heavy (non-hydrogen) atoms. The van der Waals surface area contributed by atoms with Crippen LogP contribution in [-0.4, -0.2) is 56.4 Å². The number of halogens is 1. The molecule has 6 nitrogen and oxygen atoms in total. The van der Waals surface area contributed by atoms with Crippen molar-refractivity contribution in [2.45, 2.75) is 69.6 Å². The zero-order valence-electron chi connectivity index (χ0n) is 18.8. The van der Waals surface area contributed by atoms with Crippen LogP contribution in [0.2, 0.25) is 0 Å². The summed E-state index contributed by atoms with van der Waals surface area (Å²) in [7, 11) is 1.70. The van der Waals surface area contributed by atoms with Crippen molar-refractivity contribution in [1.82, 2.24) is 4.90 Å². The molecule has 1 spiro atoms. The molecule has 2 fully saturated rings. The lowest BCUT2D eigenvalue weighted by molar-refractivity contribution is -0.147. The third kappa shape index (κ3) is 5.03. The highest BCUT2D eigenvalue weighted by Crippen LogP contribution is 2.43. The number of amides is 1. The summed E-state index contributed by atoms with van der Waals surface area (Å²) in [4.78, 5) is 15.2. The molecule has 2 N–H and O–H groups in total. The molecule has 7 heteroatoms. The predicted molar refractivity (Wildman–Crippen MR) is 123 cm³/mol. The van der Waals surface area contributed by atoms with E-state index in [2.05, 4.69) is 19.1 Å². The Labute approximate surface area is 192 Å². The first-order valence-electron chi connectivity index (χ1n) is 11.5. The monoisotopic (exact) mass is 452 g/mol. The Morgan fingerprint density at radius 3 is 2.74 bits per heavy atom. The van der Waals surface area contributed by atoms with Crippen molar-refractivity contribution in [2.75, 3.05) is 33.4 Å². The van der Waals surface area contributed by atoms with Gasteiger partial charge in [-0.05, 0) is 68.2 Å². The van der Waals surface area contributed by atoms with Gasteiger partial charge in [0.15, 0.2) is 0 Å². The van der Waals surface area contributed by atoms with Gasteiger partial charge < -0.3 is 24.8 Å². The Hall–Kier alpha value is -1.34. The lowest BCUT2D eigenvalue weighted by Crippen LogP contribution is -2.52. The Bertz CT molecular complexity index is 751. The van der Waals surface area contributed by atoms with Gasteiger partial charge in [-0.3, -0.25) is 4.79 Å². The number of benzene rings is 1. The number of carbonyl (C=O) groups is 1. The average molecular weight is 453 g/mol. The van der Waals surface area contributed by atoms with E-state index in [4.69, 9.17) is 19.9 Å². The van der Waals surface area contributed by atoms with E-state index in [9.17, 15) is 4.79 Å². The summed E-state index contributed by atoms with van der Waals surface area (Å²) in [6.07, 6.45) is 6.20. The van der Waals surface area contributed by atoms with E-state index in [0.717, 1.165) is 77.0 Å². The molecule has 0 radical (unpaired) electrons. The molecular formula is C24H37ClN2O4. The summed E-state index contributed by atoms with van der Waals surface area (Å²) in [5.74, 6) is 1.19. The number of carbonyl (C=O) groups excluding carboxylic acids is 1. The molecule has 1 amide bonds. The van der Waals surface area contributed by atoms with Gasteiger partial charge in [0.05, 0.1) is 25.4 Å². The van der Waals surface area contributed by atoms with Gasteiger partial charge in [0.25, 0.3) is 0 Å². The Morgan fingerprint density at radius 1 is 1.29 bits per heavy atom. The first-order valence-corrected chi connectivity index (χ1v) is 11.5. The van der Waals surface area contributed by atoms with Gasteiger partial charge in [0.2, 0.25) is 5.91 Å². The van der Waals surface area contributed by atoms with E-state index in [0.29, 0.717) is 0 Å². The molecule has 174 valence electrons. The molecule has 1 aromatic rings. The Kier molecular flexibility index (Phi) is 8.25. The number of nitrogens with zero attached hydrogens (tertiary/aromatic N) is 1. The maximum absolute atomic E-state index is 13.2. The quantitative estimate of drug-likeness (QED) is 0.740. The molecule has 1 aromatic carbocycles. The number of hydrogen-bond acceptors (Lipinski definition) is 5. The number of likely N-dealkylation sites (tertiary alicyclic amines) is 1. The van der Waals surface area contributed by atoms with Crippen LogP contribution in [0.4, 0.5) is 0 Å². The number of ether oxygens (including phenoxy) is 3. The fourth-order valence-corrected chi connectivity index (χ4v) is 5.42. The average Bonchev–Trinajstić information content (AvgIpc) is 2.78. The third-order valence-electron chi connectivity index (χ3n) is 7.15. The van der Waals surface area contributed by atoms with Gasteiger partial charge in [-0.25, -0.2) is 0 Å². The van der Waals surface area contributed by atoms with Crippen LogP contribution in [-0.2, 0) is 26.3 Å². The van der Waals surface area contributed by atoms with E-state index in [1.54, 1.807) is 7.11 Å². The zero-order valence-corrected chi connectivity index (χ0v) is 19.6. The molecule has 2 heterocycles. The molecule has 1 saturated heterocycles. The van der Waals surface area contributed by atoms with E-state index >= 15 is 0 Å². The highest BCUT2D eigenvalue weighted by atomic mass is 35.5. The number of piperidine rings is 1. The predicted octanol–water partition coefficient (Wildman–Crippen LogP) is 3.43. The van der Waals surface area contributed by atoms with Crippen LogP contribution in [0.5, 0.6) is 5.75 Å². The number of methoxy groups -OCH3 is 1. The number of nitrogens with two attached hydrogens (primary N) is 1. The molecule has 2 aliphatic heterocycles. The van der Waals surface area contributed by atoms with E-state index in [-0.39, 0.29) is 42.0 Å². The van der Waals surface area contributed by atoms with Crippen LogP contribution >= 0.6 is 12.4 Å².